The second kappa shape index (κ2) is 17.6. The van der Waals surface area contributed by atoms with Crippen LogP contribution in [-0.4, -0.2) is 72.2 Å². The summed E-state index contributed by atoms with van der Waals surface area (Å²) in [6, 6.07) is 14.0. The molecule has 228 valence electrons. The number of H-pyrrole nitrogens is 1. The summed E-state index contributed by atoms with van der Waals surface area (Å²) in [5, 5.41) is 32.4. The Bertz CT molecular complexity index is 1250. The molecule has 12 heteroatoms. The molecule has 3 aromatic rings. The van der Waals surface area contributed by atoms with E-state index in [1.54, 1.807) is 0 Å². The molecule has 7 N–H and O–H groups in total. The Morgan fingerprint density at radius 3 is 2.14 bits per heavy atom. The maximum Gasteiger partial charge on any atom is 0.326 e. The van der Waals surface area contributed by atoms with Gasteiger partial charge in [-0.1, -0.05) is 82.1 Å². The van der Waals surface area contributed by atoms with Crippen LogP contribution in [0.2, 0.25) is 0 Å². The Kier molecular flexibility index (Phi) is 14.3. The van der Waals surface area contributed by atoms with Gasteiger partial charge in [0.25, 0.3) is 0 Å². The van der Waals surface area contributed by atoms with Crippen molar-refractivity contribution < 1.29 is 24.6 Å². The average molecular weight is 582 g/mol. The maximum absolute atomic E-state index is 12.9. The van der Waals surface area contributed by atoms with Crippen LogP contribution in [0.5, 0.6) is 0 Å². The first-order valence-corrected chi connectivity index (χ1v) is 14.2. The lowest BCUT2D eigenvalue weighted by molar-refractivity contribution is -0.153. The van der Waals surface area contributed by atoms with E-state index in [-0.39, 0.29) is 18.4 Å². The first-order chi connectivity index (χ1) is 20.1. The molecule has 1 amide bonds. The van der Waals surface area contributed by atoms with Crippen molar-refractivity contribution in [2.45, 2.75) is 77.9 Å². The fourth-order valence-corrected chi connectivity index (χ4v) is 4.42. The summed E-state index contributed by atoms with van der Waals surface area (Å²) in [5.41, 5.74) is 14.1. The van der Waals surface area contributed by atoms with Gasteiger partial charge < -0.3 is 26.6 Å². The first-order valence-electron chi connectivity index (χ1n) is 14.2. The molecule has 0 radical (unpaired) electrons. The normalized spacial score (nSPS) is 12.2. The molecule has 0 spiro atoms. The molecular formula is C30H43N7O5. The van der Waals surface area contributed by atoms with E-state index in [2.05, 4.69) is 20.6 Å². The van der Waals surface area contributed by atoms with Gasteiger partial charge >= 0.3 is 11.9 Å². The molecular weight excluding hydrogens is 538 g/mol. The lowest BCUT2D eigenvalue weighted by Crippen LogP contribution is -2.47. The van der Waals surface area contributed by atoms with Crippen LogP contribution in [0.15, 0.2) is 48.5 Å². The average Bonchev–Trinajstić information content (AvgIpc) is 3.51. The summed E-state index contributed by atoms with van der Waals surface area (Å²) in [4.78, 5) is 36.4. The number of amides is 1. The lowest BCUT2D eigenvalue weighted by atomic mass is 9.97. The van der Waals surface area contributed by atoms with Gasteiger partial charge in [0.2, 0.25) is 11.7 Å². The number of aromatic nitrogens is 4. The number of nitrogens with one attached hydrogen (secondary N) is 1. The van der Waals surface area contributed by atoms with Crippen LogP contribution in [0.4, 0.5) is 0 Å². The number of nitrogens with zero attached hydrogens (tertiary/aromatic N) is 4. The van der Waals surface area contributed by atoms with E-state index in [0.717, 1.165) is 47.9 Å². The minimum atomic E-state index is -0.976. The minimum absolute atomic E-state index is 0.125. The molecule has 1 aromatic heterocycles. The summed E-state index contributed by atoms with van der Waals surface area (Å²) in [7, 11) is 0. The van der Waals surface area contributed by atoms with Crippen LogP contribution in [0.25, 0.3) is 22.5 Å². The number of carbonyl (C=O) groups excluding carboxylic acids is 1. The van der Waals surface area contributed by atoms with Crippen LogP contribution in [0.3, 0.4) is 0 Å². The molecule has 3 rings (SSSR count). The number of aliphatic carboxylic acids is 2. The van der Waals surface area contributed by atoms with Crippen LogP contribution in [-0.2, 0) is 20.9 Å². The number of hydrogen-bond donors (Lipinski definition) is 5. The third-order valence-electron chi connectivity index (χ3n) is 6.70. The Hall–Kier alpha value is -4.16. The number of benzene rings is 2. The predicted octanol–water partition coefficient (Wildman–Crippen LogP) is 3.69. The first kappa shape index (κ1) is 34.0. The summed E-state index contributed by atoms with van der Waals surface area (Å²) in [6.45, 7) is 6.53. The van der Waals surface area contributed by atoms with Crippen LogP contribution >= 0.6 is 0 Å². The summed E-state index contributed by atoms with van der Waals surface area (Å²) in [5.74, 6) is -1.72. The van der Waals surface area contributed by atoms with E-state index < -0.39 is 24.0 Å². The van der Waals surface area contributed by atoms with Crippen molar-refractivity contribution in [3.63, 3.8) is 0 Å². The number of rotatable bonds is 15. The van der Waals surface area contributed by atoms with Gasteiger partial charge in [-0.2, -0.15) is 5.21 Å². The molecule has 1 heterocycles. The van der Waals surface area contributed by atoms with E-state index in [0.29, 0.717) is 25.2 Å². The highest BCUT2D eigenvalue weighted by Crippen LogP contribution is 2.30. The van der Waals surface area contributed by atoms with Crippen molar-refractivity contribution in [3.8, 4) is 22.5 Å². The van der Waals surface area contributed by atoms with Crippen molar-refractivity contribution in [3.05, 3.63) is 54.1 Å². The van der Waals surface area contributed by atoms with Crippen molar-refractivity contribution >= 4 is 17.8 Å². The predicted molar refractivity (Wildman–Crippen MR) is 160 cm³/mol. The van der Waals surface area contributed by atoms with Gasteiger partial charge in [0.1, 0.15) is 12.1 Å². The number of aromatic amines is 1. The quantitative estimate of drug-likeness (QED) is 0.165. The number of carboxylic acids is 2. The zero-order chi connectivity index (χ0) is 31.1. The SMILES string of the molecule is CCCCC(=O)N(Cc1ccc(-c2ccccc2-c2nn[nH]n2)cc1)[C@H](C(=O)O)C(C)C.NCCCC[C@H](N)C(=O)O. The van der Waals surface area contributed by atoms with Crippen molar-refractivity contribution in [1.82, 2.24) is 25.5 Å². The van der Waals surface area contributed by atoms with Gasteiger partial charge in [0.05, 0.1) is 0 Å². The van der Waals surface area contributed by atoms with Crippen molar-refractivity contribution in [1.29, 1.82) is 0 Å². The molecule has 0 saturated carbocycles. The van der Waals surface area contributed by atoms with Gasteiger partial charge in [-0.3, -0.25) is 9.59 Å². The monoisotopic (exact) mass is 581 g/mol. The number of nitrogens with two attached hydrogens (primary N) is 2. The largest absolute Gasteiger partial charge is 0.480 e. The molecule has 0 aliphatic heterocycles. The number of carbonyl (C=O) groups is 3. The second-order valence-electron chi connectivity index (χ2n) is 10.4. The summed E-state index contributed by atoms with van der Waals surface area (Å²) in [6.07, 6.45) is 4.14. The third kappa shape index (κ3) is 10.3. The van der Waals surface area contributed by atoms with Crippen LogP contribution in [0, 0.1) is 5.92 Å². The van der Waals surface area contributed by atoms with E-state index in [4.69, 9.17) is 16.6 Å². The molecule has 0 unspecified atom stereocenters. The molecule has 0 saturated heterocycles. The van der Waals surface area contributed by atoms with Crippen molar-refractivity contribution in [2.24, 2.45) is 17.4 Å². The lowest BCUT2D eigenvalue weighted by Gasteiger charge is -2.32. The Morgan fingerprint density at radius 2 is 1.62 bits per heavy atom. The zero-order valence-electron chi connectivity index (χ0n) is 24.6. The van der Waals surface area contributed by atoms with Gasteiger partial charge in [-0.15, -0.1) is 10.2 Å². The topological polar surface area (TPSA) is 201 Å². The highest BCUT2D eigenvalue weighted by Gasteiger charge is 2.32. The molecule has 42 heavy (non-hydrogen) atoms. The fraction of sp³-hybridized carbons (Fsp3) is 0.467. The Labute approximate surface area is 246 Å². The molecule has 0 aliphatic rings. The van der Waals surface area contributed by atoms with Crippen LogP contribution < -0.4 is 11.5 Å². The second-order valence-corrected chi connectivity index (χ2v) is 10.4. The fourth-order valence-electron chi connectivity index (χ4n) is 4.42. The molecule has 0 aliphatic carbocycles. The highest BCUT2D eigenvalue weighted by atomic mass is 16.4. The van der Waals surface area contributed by atoms with Crippen LogP contribution in [0.1, 0.15) is 64.9 Å². The number of tetrazole rings is 1. The van der Waals surface area contributed by atoms with Gasteiger partial charge in [-0.25, -0.2) is 4.79 Å². The molecule has 0 bridgehead atoms. The van der Waals surface area contributed by atoms with E-state index >= 15 is 0 Å². The van der Waals surface area contributed by atoms with E-state index in [1.807, 2.05) is 69.3 Å². The Balaban J connectivity index is 0.000000528. The standard InChI is InChI=1S/C24H29N5O3.C6H14N2O2/c1-4-5-10-21(30)29(22(16(2)3)24(31)32)15-17-11-13-18(14-12-17)19-8-6-7-9-20(19)23-25-27-28-26-23;7-4-2-1-3-5(8)6(9)10/h6-9,11-14,16,22H,4-5,10,15H2,1-3H3,(H,31,32)(H,25,26,27,28);5H,1-4,7-8H2,(H,9,10)/t22-;5-/m00/s1. The number of unbranched alkanes of at least 4 members (excludes halogenated alkanes) is 2. The highest BCUT2D eigenvalue weighted by molar-refractivity contribution is 5.84. The smallest absolute Gasteiger partial charge is 0.326 e. The molecule has 2 aromatic carbocycles. The maximum atomic E-state index is 12.9. The van der Waals surface area contributed by atoms with E-state index in [1.165, 1.54) is 4.90 Å². The summed E-state index contributed by atoms with van der Waals surface area (Å²) < 4.78 is 0. The number of carboxylic acid groups (broad SMARTS) is 2. The zero-order valence-corrected chi connectivity index (χ0v) is 24.6. The van der Waals surface area contributed by atoms with E-state index in [9.17, 15) is 19.5 Å². The number of hydrogen-bond acceptors (Lipinski definition) is 8. The summed E-state index contributed by atoms with van der Waals surface area (Å²) >= 11 is 0. The van der Waals surface area contributed by atoms with Gasteiger partial charge in [0, 0.05) is 18.5 Å². The molecule has 12 nitrogen and oxygen atoms in total. The Morgan fingerprint density at radius 1 is 0.952 bits per heavy atom. The third-order valence-corrected chi connectivity index (χ3v) is 6.70. The minimum Gasteiger partial charge on any atom is -0.480 e. The van der Waals surface area contributed by atoms with Gasteiger partial charge in [-0.05, 0) is 53.6 Å². The molecule has 2 atom stereocenters. The van der Waals surface area contributed by atoms with Gasteiger partial charge in [0.15, 0.2) is 0 Å². The molecule has 0 fully saturated rings. The van der Waals surface area contributed by atoms with Crippen molar-refractivity contribution in [2.75, 3.05) is 6.54 Å².